The maximum atomic E-state index is 13.3. The first-order valence-corrected chi connectivity index (χ1v) is 5.76. The number of hydrogen-bond donors (Lipinski definition) is 3. The first kappa shape index (κ1) is 12.5. The quantitative estimate of drug-likeness (QED) is 0.816. The molecule has 0 aliphatic carbocycles. The predicted molar refractivity (Wildman–Crippen MR) is 65.0 cm³/mol. The fraction of sp³-hybridized carbons (Fsp3) is 0.273. The van der Waals surface area contributed by atoms with Crippen molar-refractivity contribution < 1.29 is 13.9 Å². The van der Waals surface area contributed by atoms with Gasteiger partial charge in [0.2, 0.25) is 0 Å². The normalized spacial score (nSPS) is 14.2. The maximum absolute atomic E-state index is 13.3. The van der Waals surface area contributed by atoms with Gasteiger partial charge in [0, 0.05) is 27.1 Å². The summed E-state index contributed by atoms with van der Waals surface area (Å²) in [7, 11) is 0. The van der Waals surface area contributed by atoms with E-state index in [2.05, 4.69) is 20.9 Å². The predicted octanol–water partition coefficient (Wildman–Crippen LogP) is 2.56. The average molecular weight is 305 g/mol. The number of aromatic amines is 1. The number of H-pyrrole nitrogens is 1. The van der Waals surface area contributed by atoms with Crippen molar-refractivity contribution in [3.05, 3.63) is 34.4 Å². The number of aliphatic hydroxyl groups is 1. The average Bonchev–Trinajstić information content (AvgIpc) is 2.70. The second kappa shape index (κ2) is 4.36. The summed E-state index contributed by atoms with van der Waals surface area (Å²) in [5.74, 6) is -3.34. The highest BCUT2D eigenvalue weighted by molar-refractivity contribution is 9.10. The highest BCUT2D eigenvalue weighted by atomic mass is 79.9. The van der Waals surface area contributed by atoms with Crippen LogP contribution in [-0.2, 0) is 0 Å². The molecule has 0 unspecified atom stereocenters. The third-order valence-electron chi connectivity index (χ3n) is 2.68. The van der Waals surface area contributed by atoms with Gasteiger partial charge in [-0.2, -0.15) is 0 Å². The zero-order valence-corrected chi connectivity index (χ0v) is 10.3. The first-order valence-electron chi connectivity index (χ1n) is 4.96. The fourth-order valence-electron chi connectivity index (χ4n) is 1.70. The van der Waals surface area contributed by atoms with Gasteiger partial charge in [-0.3, -0.25) is 0 Å². The molecule has 0 aliphatic heterocycles. The monoisotopic (exact) mass is 304 g/mol. The van der Waals surface area contributed by atoms with Crippen molar-refractivity contribution in [2.24, 2.45) is 5.73 Å². The van der Waals surface area contributed by atoms with Crippen LogP contribution in [0.15, 0.2) is 28.9 Å². The Morgan fingerprint density at radius 3 is 2.82 bits per heavy atom. The molecule has 6 heteroatoms. The molecule has 92 valence electrons. The molecule has 2 aromatic rings. The van der Waals surface area contributed by atoms with Crippen molar-refractivity contribution in [2.75, 3.05) is 6.61 Å². The lowest BCUT2D eigenvalue weighted by molar-refractivity contribution is -0.0708. The lowest BCUT2D eigenvalue weighted by Gasteiger charge is -2.20. The number of hydrogen-bond acceptors (Lipinski definition) is 2. The van der Waals surface area contributed by atoms with Crippen LogP contribution in [0, 0.1) is 0 Å². The van der Waals surface area contributed by atoms with Crippen LogP contribution in [0.25, 0.3) is 10.9 Å². The van der Waals surface area contributed by atoms with Crippen molar-refractivity contribution >= 4 is 26.8 Å². The van der Waals surface area contributed by atoms with Crippen LogP contribution >= 0.6 is 15.9 Å². The molecular formula is C11H11BrF2N2O. The van der Waals surface area contributed by atoms with Crippen LogP contribution in [0.3, 0.4) is 0 Å². The second-order valence-electron chi connectivity index (χ2n) is 3.83. The zero-order valence-electron chi connectivity index (χ0n) is 8.75. The van der Waals surface area contributed by atoms with Crippen molar-refractivity contribution in [3.8, 4) is 0 Å². The van der Waals surface area contributed by atoms with Gasteiger partial charge < -0.3 is 15.8 Å². The molecule has 3 nitrogen and oxygen atoms in total. The van der Waals surface area contributed by atoms with Gasteiger partial charge in [-0.25, -0.2) is 8.78 Å². The Kier molecular flexibility index (Phi) is 3.20. The summed E-state index contributed by atoms with van der Waals surface area (Å²) in [6, 6.07) is 3.76. The largest absolute Gasteiger partial charge is 0.390 e. The topological polar surface area (TPSA) is 62.0 Å². The summed E-state index contributed by atoms with van der Waals surface area (Å²) in [6.07, 6.45) is 1.45. The van der Waals surface area contributed by atoms with Crippen LogP contribution in [0.2, 0.25) is 0 Å². The van der Waals surface area contributed by atoms with Crippen LogP contribution in [0.4, 0.5) is 8.78 Å². The van der Waals surface area contributed by atoms with E-state index in [9.17, 15) is 8.78 Å². The van der Waals surface area contributed by atoms with E-state index in [1.807, 2.05) is 0 Å². The summed E-state index contributed by atoms with van der Waals surface area (Å²) < 4.78 is 27.5. The second-order valence-corrected chi connectivity index (χ2v) is 4.75. The summed E-state index contributed by atoms with van der Waals surface area (Å²) in [5, 5.41) is 9.27. The molecule has 2 rings (SSSR count). The zero-order chi connectivity index (χ0) is 12.6. The Balaban J connectivity index is 2.52. The number of rotatable bonds is 3. The van der Waals surface area contributed by atoms with E-state index in [0.717, 1.165) is 9.99 Å². The van der Waals surface area contributed by atoms with Crippen LogP contribution in [0.5, 0.6) is 0 Å². The molecular weight excluding hydrogens is 294 g/mol. The van der Waals surface area contributed by atoms with Crippen molar-refractivity contribution in [2.45, 2.75) is 12.0 Å². The van der Waals surface area contributed by atoms with Crippen molar-refractivity contribution in [3.63, 3.8) is 0 Å². The number of aromatic nitrogens is 1. The molecule has 1 aromatic carbocycles. The molecule has 1 aromatic heterocycles. The van der Waals surface area contributed by atoms with Gasteiger partial charge in [0.1, 0.15) is 6.61 Å². The number of benzene rings is 1. The molecule has 0 saturated carbocycles. The van der Waals surface area contributed by atoms with Gasteiger partial charge in [-0.1, -0.05) is 15.9 Å². The van der Waals surface area contributed by atoms with Crippen LogP contribution < -0.4 is 5.73 Å². The fourth-order valence-corrected chi connectivity index (χ4v) is 2.06. The Labute approximate surface area is 105 Å². The Bertz CT molecular complexity index is 541. The minimum atomic E-state index is -3.34. The van der Waals surface area contributed by atoms with Gasteiger partial charge in [0.25, 0.3) is 5.92 Å². The summed E-state index contributed by atoms with van der Waals surface area (Å²) in [4.78, 5) is 2.88. The van der Waals surface area contributed by atoms with E-state index >= 15 is 0 Å². The summed E-state index contributed by atoms with van der Waals surface area (Å²) in [5.41, 5.74) is 6.52. The number of halogens is 3. The molecule has 4 N–H and O–H groups in total. The number of alkyl halides is 2. The van der Waals surface area contributed by atoms with Gasteiger partial charge in [-0.15, -0.1) is 0 Å². The molecule has 1 atom stereocenters. The summed E-state index contributed by atoms with van der Waals surface area (Å²) in [6.45, 7) is -1.27. The van der Waals surface area contributed by atoms with Crippen LogP contribution in [0.1, 0.15) is 11.6 Å². The number of nitrogens with one attached hydrogen (secondary N) is 1. The lowest BCUT2D eigenvalue weighted by Crippen LogP contribution is -2.36. The number of nitrogens with two attached hydrogens (primary N) is 1. The van der Waals surface area contributed by atoms with E-state index in [-0.39, 0.29) is 0 Å². The highest BCUT2D eigenvalue weighted by Crippen LogP contribution is 2.34. The Morgan fingerprint density at radius 2 is 2.18 bits per heavy atom. The number of fused-ring (bicyclic) bond motifs is 1. The minimum Gasteiger partial charge on any atom is -0.390 e. The van der Waals surface area contributed by atoms with E-state index in [4.69, 9.17) is 10.8 Å². The Hall–Kier alpha value is -0.980. The van der Waals surface area contributed by atoms with Gasteiger partial charge in [-0.05, 0) is 18.2 Å². The van der Waals surface area contributed by atoms with Gasteiger partial charge in [0.15, 0.2) is 0 Å². The van der Waals surface area contributed by atoms with Crippen molar-refractivity contribution in [1.29, 1.82) is 0 Å². The van der Waals surface area contributed by atoms with Crippen molar-refractivity contribution in [1.82, 2.24) is 4.98 Å². The molecule has 0 radical (unpaired) electrons. The molecule has 0 amide bonds. The van der Waals surface area contributed by atoms with E-state index in [1.165, 1.54) is 6.20 Å². The molecule has 0 bridgehead atoms. The van der Waals surface area contributed by atoms with Gasteiger partial charge in [0.05, 0.1) is 6.04 Å². The van der Waals surface area contributed by atoms with E-state index < -0.39 is 18.6 Å². The first-order chi connectivity index (χ1) is 7.95. The van der Waals surface area contributed by atoms with E-state index in [1.54, 1.807) is 18.2 Å². The third-order valence-corrected chi connectivity index (χ3v) is 3.17. The molecule has 17 heavy (non-hydrogen) atoms. The molecule has 0 aliphatic rings. The maximum Gasteiger partial charge on any atom is 0.289 e. The lowest BCUT2D eigenvalue weighted by atomic mass is 10.0. The van der Waals surface area contributed by atoms with Gasteiger partial charge >= 0.3 is 0 Å². The number of aliphatic hydroxyl groups excluding tert-OH is 1. The molecule has 0 spiro atoms. The van der Waals surface area contributed by atoms with Crippen LogP contribution in [-0.4, -0.2) is 22.6 Å². The smallest absolute Gasteiger partial charge is 0.289 e. The van der Waals surface area contributed by atoms with E-state index in [0.29, 0.717) is 10.9 Å². The standard InChI is InChI=1S/C11H11BrF2N2O/c12-6-1-2-9-7(3-6)8(4-16-9)10(15)11(13,14)5-17/h1-4,10,16-17H,5,15H2/t10-/m0/s1. The molecule has 1 heterocycles. The highest BCUT2D eigenvalue weighted by Gasteiger charge is 2.38. The SMILES string of the molecule is N[C@@H](c1c[nH]c2ccc(Br)cc12)C(F)(F)CO. The molecule has 0 saturated heterocycles. The Morgan fingerprint density at radius 1 is 1.47 bits per heavy atom. The third kappa shape index (κ3) is 2.20. The minimum absolute atomic E-state index is 0.292. The molecule has 0 fully saturated rings. The summed E-state index contributed by atoms with van der Waals surface area (Å²) >= 11 is 3.28.